The molecule has 0 aromatic heterocycles. The predicted molar refractivity (Wildman–Crippen MR) is 199 cm³/mol. The molecule has 0 bridgehead atoms. The van der Waals surface area contributed by atoms with E-state index in [9.17, 15) is 60.0 Å². The number of aliphatic hydroxyl groups excluding tert-OH is 5. The van der Waals surface area contributed by atoms with E-state index >= 15 is 0 Å². The molecule has 16 nitrogen and oxygen atoms in total. The van der Waals surface area contributed by atoms with Gasteiger partial charge in [-0.1, -0.05) is 47.1 Å². The van der Waals surface area contributed by atoms with Gasteiger partial charge < -0.3 is 59.8 Å². The Kier molecular flexibility index (Phi) is 10.7. The average molecular weight is 823 g/mol. The molecule has 7 aliphatic rings. The Labute approximate surface area is 337 Å². The highest BCUT2D eigenvalue weighted by Crippen LogP contribution is 2.75. The molecule has 58 heavy (non-hydrogen) atoms. The van der Waals surface area contributed by atoms with Crippen molar-refractivity contribution in [3.05, 3.63) is 11.6 Å². The van der Waals surface area contributed by atoms with E-state index in [2.05, 4.69) is 27.7 Å². The van der Waals surface area contributed by atoms with Gasteiger partial charge in [0.1, 0.15) is 36.6 Å². The Morgan fingerprint density at radius 2 is 1.28 bits per heavy atom. The van der Waals surface area contributed by atoms with Crippen molar-refractivity contribution < 1.29 is 79.0 Å². The van der Waals surface area contributed by atoms with Crippen LogP contribution in [-0.4, -0.2) is 132 Å². The van der Waals surface area contributed by atoms with Crippen LogP contribution in [0.15, 0.2) is 11.6 Å². The second-order valence-electron chi connectivity index (χ2n) is 20.6. The first-order valence-corrected chi connectivity index (χ1v) is 20.7. The molecule has 0 radical (unpaired) electrons. The van der Waals surface area contributed by atoms with Gasteiger partial charge in [0, 0.05) is 5.92 Å². The smallest absolute Gasteiger partial charge is 0.335 e. The van der Waals surface area contributed by atoms with Crippen molar-refractivity contribution in [3.8, 4) is 0 Å². The topological polar surface area (TPSA) is 267 Å². The molecular formula is C42H62O16. The number of hydrogen-bond donors (Lipinski definition) is 8. The number of ketones is 1. The number of carbonyl (C=O) groups is 4. The number of allylic oxidation sites excluding steroid dienone is 2. The van der Waals surface area contributed by atoms with Crippen molar-refractivity contribution in [2.75, 3.05) is 0 Å². The molecule has 0 aromatic rings. The summed E-state index contributed by atoms with van der Waals surface area (Å²) in [7, 11) is 0. The van der Waals surface area contributed by atoms with E-state index in [4.69, 9.17) is 18.9 Å². The summed E-state index contributed by atoms with van der Waals surface area (Å²) >= 11 is 0. The molecule has 2 aliphatic heterocycles. The largest absolute Gasteiger partial charge is 0.481 e. The van der Waals surface area contributed by atoms with Crippen LogP contribution in [0.3, 0.4) is 0 Å². The molecule has 19 atom stereocenters. The lowest BCUT2D eigenvalue weighted by atomic mass is 9.33. The molecule has 7 rings (SSSR count). The van der Waals surface area contributed by atoms with Gasteiger partial charge in [-0.2, -0.15) is 0 Å². The normalized spacial score (nSPS) is 52.6. The van der Waals surface area contributed by atoms with Crippen LogP contribution in [0.4, 0.5) is 0 Å². The highest BCUT2D eigenvalue weighted by molar-refractivity contribution is 5.95. The molecule has 5 aliphatic carbocycles. The Hall–Kier alpha value is -2.54. The number of carbonyl (C=O) groups excluding carboxylic acids is 1. The standard InChI is InChI=1S/C42H62O16/c1-37(2)21-8-11-42(7)31(20(43)16-18-19-17-39(4,36(53)54)13-12-38(19,3)14-15-41(18,42)6)40(21,5)10-9-22(37)55-35-30(26(47)25(46)29(57-35)33(51)52)58-34-27(48)23(44)24(45)28(56-34)32(49)50/h16,19,21-31,34-35,44-48H,8-15,17H2,1-7H3,(H,49,50)(H,51,52)(H,53,54)/t19-,21?,22-,23+,24+,25-,26-,27?,28+,29-,30+,31?,34+,35-,38+,39-,40-,41+,42+/m0/s1. The lowest BCUT2D eigenvalue weighted by Gasteiger charge is -2.70. The number of aliphatic hydroxyl groups is 5. The van der Waals surface area contributed by atoms with Gasteiger partial charge in [0.2, 0.25) is 0 Å². The molecule has 0 spiro atoms. The number of hydrogen-bond acceptors (Lipinski definition) is 13. The van der Waals surface area contributed by atoms with Gasteiger partial charge >= 0.3 is 17.9 Å². The van der Waals surface area contributed by atoms with Crippen molar-refractivity contribution in [2.24, 2.45) is 50.2 Å². The third-order valence-electron chi connectivity index (χ3n) is 17.2. The van der Waals surface area contributed by atoms with Crippen molar-refractivity contribution >= 4 is 23.7 Å². The van der Waals surface area contributed by atoms with Crippen molar-refractivity contribution in [2.45, 2.75) is 174 Å². The monoisotopic (exact) mass is 822 g/mol. The van der Waals surface area contributed by atoms with Crippen LogP contribution in [0, 0.1) is 50.2 Å². The fraction of sp³-hybridized carbons (Fsp3) is 0.857. The SMILES string of the molecule is CC1(C)C2CC[C@]3(C)C(C(=O)C=C4[C@@H]5C[C@@](C)(C(=O)O)CC[C@]5(C)CC[C@]43C)[C@@]2(C)CC[C@@H]1O[C@H]1O[C@H](C(=O)O)[C@@H](O)[C@H](O)[C@H]1O[C@H]1O[C@@H](C(=O)O)[C@H](O)[C@@H](O)C1O. The van der Waals surface area contributed by atoms with Crippen molar-refractivity contribution in [1.82, 2.24) is 0 Å². The second kappa shape index (κ2) is 14.3. The van der Waals surface area contributed by atoms with Crippen LogP contribution in [0.2, 0.25) is 0 Å². The van der Waals surface area contributed by atoms with E-state index in [0.717, 1.165) is 37.7 Å². The molecule has 6 fully saturated rings. The average Bonchev–Trinajstić information content (AvgIpc) is 3.13. The molecular weight excluding hydrogens is 760 g/mol. The summed E-state index contributed by atoms with van der Waals surface area (Å²) in [5.74, 6) is -4.47. The maximum absolute atomic E-state index is 14.8. The van der Waals surface area contributed by atoms with E-state index in [0.29, 0.717) is 25.7 Å². The molecule has 0 amide bonds. The van der Waals surface area contributed by atoms with Gasteiger partial charge in [-0.05, 0) is 110 Å². The maximum atomic E-state index is 14.8. The van der Waals surface area contributed by atoms with Crippen LogP contribution >= 0.6 is 0 Å². The van der Waals surface area contributed by atoms with Gasteiger partial charge in [-0.25, -0.2) is 9.59 Å². The maximum Gasteiger partial charge on any atom is 0.335 e. The van der Waals surface area contributed by atoms with Crippen LogP contribution in [0.1, 0.15) is 106 Å². The lowest BCUT2D eigenvalue weighted by Crippen LogP contribution is -2.68. The number of carboxylic acids is 3. The molecule has 2 saturated heterocycles. The fourth-order valence-corrected chi connectivity index (χ4v) is 13.4. The minimum atomic E-state index is -2.05. The zero-order valence-corrected chi connectivity index (χ0v) is 34.4. The van der Waals surface area contributed by atoms with Gasteiger partial charge in [0.05, 0.1) is 11.5 Å². The summed E-state index contributed by atoms with van der Waals surface area (Å²) in [6.07, 6.45) is -12.2. The molecule has 3 unspecified atom stereocenters. The minimum Gasteiger partial charge on any atom is -0.481 e. The van der Waals surface area contributed by atoms with E-state index in [-0.39, 0.29) is 34.4 Å². The first-order valence-electron chi connectivity index (χ1n) is 20.7. The zero-order valence-electron chi connectivity index (χ0n) is 34.4. The van der Waals surface area contributed by atoms with E-state index in [1.165, 1.54) is 0 Å². The Morgan fingerprint density at radius 1 is 0.690 bits per heavy atom. The van der Waals surface area contributed by atoms with E-state index in [1.54, 1.807) is 0 Å². The summed E-state index contributed by atoms with van der Waals surface area (Å²) in [6.45, 7) is 14.8. The lowest BCUT2D eigenvalue weighted by molar-refractivity contribution is -0.371. The molecule has 16 heteroatoms. The van der Waals surface area contributed by atoms with Gasteiger partial charge in [0.25, 0.3) is 0 Å². The number of aliphatic carboxylic acids is 3. The summed E-state index contributed by atoms with van der Waals surface area (Å²) < 4.78 is 23.4. The quantitative estimate of drug-likeness (QED) is 0.171. The molecule has 0 aromatic carbocycles. The Balaban J connectivity index is 1.17. The number of rotatable bonds is 7. The highest BCUT2D eigenvalue weighted by Gasteiger charge is 2.71. The van der Waals surface area contributed by atoms with Crippen LogP contribution in [0.25, 0.3) is 0 Å². The first kappa shape index (κ1) is 43.5. The van der Waals surface area contributed by atoms with Crippen LogP contribution in [-0.2, 0) is 38.1 Å². The third-order valence-corrected chi connectivity index (χ3v) is 17.2. The number of fused-ring (bicyclic) bond motifs is 7. The van der Waals surface area contributed by atoms with Crippen molar-refractivity contribution in [1.29, 1.82) is 0 Å². The summed E-state index contributed by atoms with van der Waals surface area (Å²) in [6, 6.07) is 0. The molecule has 4 saturated carbocycles. The zero-order chi connectivity index (χ0) is 42.9. The van der Waals surface area contributed by atoms with Gasteiger partial charge in [-0.3, -0.25) is 9.59 Å². The van der Waals surface area contributed by atoms with Gasteiger partial charge in [0.15, 0.2) is 30.6 Å². The fourth-order valence-electron chi connectivity index (χ4n) is 13.4. The molecule has 2 heterocycles. The summed E-state index contributed by atoms with van der Waals surface area (Å²) in [5, 5.41) is 83.0. The van der Waals surface area contributed by atoms with Crippen LogP contribution in [0.5, 0.6) is 0 Å². The summed E-state index contributed by atoms with van der Waals surface area (Å²) in [5.41, 5.74) is -1.81. The Bertz CT molecular complexity index is 1730. The predicted octanol–water partition coefficient (Wildman–Crippen LogP) is 2.25. The highest BCUT2D eigenvalue weighted by atomic mass is 16.8. The minimum absolute atomic E-state index is 0.0217. The Morgan fingerprint density at radius 3 is 1.88 bits per heavy atom. The number of carboxylic acid groups (broad SMARTS) is 3. The van der Waals surface area contributed by atoms with E-state index < -0.39 is 107 Å². The first-order chi connectivity index (χ1) is 26.8. The molecule has 326 valence electrons. The van der Waals surface area contributed by atoms with Crippen molar-refractivity contribution in [3.63, 3.8) is 0 Å². The molecule has 8 N–H and O–H groups in total. The van der Waals surface area contributed by atoms with Gasteiger partial charge in [-0.15, -0.1) is 0 Å². The van der Waals surface area contributed by atoms with E-state index in [1.807, 2.05) is 26.8 Å². The third kappa shape index (κ3) is 6.25. The number of ether oxygens (including phenoxy) is 4. The van der Waals surface area contributed by atoms with Crippen LogP contribution < -0.4 is 0 Å². The summed E-state index contributed by atoms with van der Waals surface area (Å²) in [4.78, 5) is 51.3. The second-order valence-corrected chi connectivity index (χ2v) is 20.6.